The Kier molecular flexibility index (Phi) is 11.1. The summed E-state index contributed by atoms with van der Waals surface area (Å²) in [7, 11) is 6.71. The van der Waals surface area contributed by atoms with Crippen molar-refractivity contribution in [2.45, 2.75) is 37.0 Å². The zero-order valence-corrected chi connectivity index (χ0v) is 20.0. The molecule has 6 nitrogen and oxygen atoms in total. The lowest BCUT2D eigenvalue weighted by molar-refractivity contribution is 0.322. The Morgan fingerprint density at radius 2 is 1.89 bits per heavy atom. The summed E-state index contributed by atoms with van der Waals surface area (Å²) in [5.41, 5.74) is 1.07. The topological polar surface area (TPSA) is 64.1 Å². The molecule has 1 aromatic rings. The van der Waals surface area contributed by atoms with Crippen LogP contribution >= 0.6 is 35.7 Å². The van der Waals surface area contributed by atoms with Gasteiger partial charge >= 0.3 is 0 Å². The molecule has 0 bridgehead atoms. The first kappa shape index (κ1) is 24.0. The summed E-state index contributed by atoms with van der Waals surface area (Å²) >= 11 is 1.96. The van der Waals surface area contributed by atoms with Gasteiger partial charge in [0.2, 0.25) is 5.75 Å². The first-order valence-electron chi connectivity index (χ1n) is 8.94. The van der Waals surface area contributed by atoms with Crippen molar-refractivity contribution in [3.05, 3.63) is 17.7 Å². The minimum absolute atomic E-state index is 0. The van der Waals surface area contributed by atoms with Crippen LogP contribution < -0.4 is 24.8 Å². The second-order valence-corrected chi connectivity index (χ2v) is 7.39. The van der Waals surface area contributed by atoms with Gasteiger partial charge in [-0.05, 0) is 38.0 Å². The summed E-state index contributed by atoms with van der Waals surface area (Å²) in [5.74, 6) is 2.87. The smallest absolute Gasteiger partial charge is 0.203 e. The van der Waals surface area contributed by atoms with Crippen molar-refractivity contribution in [2.24, 2.45) is 4.99 Å². The molecule has 0 aromatic heterocycles. The van der Waals surface area contributed by atoms with E-state index in [2.05, 4.69) is 21.9 Å². The van der Waals surface area contributed by atoms with E-state index in [-0.39, 0.29) is 24.0 Å². The maximum Gasteiger partial charge on any atom is 0.203 e. The molecule has 27 heavy (non-hydrogen) atoms. The Morgan fingerprint density at radius 3 is 2.44 bits per heavy atom. The molecule has 1 saturated carbocycles. The van der Waals surface area contributed by atoms with E-state index < -0.39 is 0 Å². The number of rotatable bonds is 8. The van der Waals surface area contributed by atoms with Gasteiger partial charge in [-0.25, -0.2) is 0 Å². The van der Waals surface area contributed by atoms with E-state index in [4.69, 9.17) is 14.2 Å². The summed E-state index contributed by atoms with van der Waals surface area (Å²) in [6.45, 7) is 0.754. The quantitative estimate of drug-likeness (QED) is 0.319. The summed E-state index contributed by atoms with van der Waals surface area (Å²) in [6, 6.07) is 4.43. The first-order valence-corrected chi connectivity index (χ1v) is 10.2. The zero-order valence-electron chi connectivity index (χ0n) is 16.8. The Morgan fingerprint density at radius 1 is 1.15 bits per heavy atom. The lowest BCUT2D eigenvalue weighted by Gasteiger charge is -2.18. The van der Waals surface area contributed by atoms with E-state index in [0.717, 1.165) is 35.5 Å². The normalized spacial score (nSPS) is 19.2. The molecule has 2 N–H and O–H groups in total. The molecule has 154 valence electrons. The molecule has 2 rings (SSSR count). The SMILES string of the molecule is CN=C(NCCc1ccc(OC)c(OC)c1OC)NC1CCC(SC)C1.I. The zero-order chi connectivity index (χ0) is 18.9. The van der Waals surface area contributed by atoms with Gasteiger partial charge in [-0.2, -0.15) is 11.8 Å². The minimum atomic E-state index is 0. The highest BCUT2D eigenvalue weighted by Crippen LogP contribution is 2.39. The predicted molar refractivity (Wildman–Crippen MR) is 125 cm³/mol. The molecular formula is C19H32IN3O3S. The van der Waals surface area contributed by atoms with E-state index in [0.29, 0.717) is 17.5 Å². The van der Waals surface area contributed by atoms with Gasteiger partial charge in [-0.15, -0.1) is 24.0 Å². The van der Waals surface area contributed by atoms with Crippen molar-refractivity contribution >= 4 is 41.7 Å². The maximum atomic E-state index is 5.54. The average molecular weight is 509 g/mol. The third-order valence-electron chi connectivity index (χ3n) is 4.75. The molecule has 0 amide bonds. The molecule has 0 saturated heterocycles. The molecule has 2 unspecified atom stereocenters. The summed E-state index contributed by atoms with van der Waals surface area (Å²) < 4.78 is 16.3. The molecule has 1 fully saturated rings. The molecular weight excluding hydrogens is 477 g/mol. The Hall–Kier alpha value is -1.03. The van der Waals surface area contributed by atoms with Crippen LogP contribution in [0.2, 0.25) is 0 Å². The lowest BCUT2D eigenvalue weighted by Crippen LogP contribution is -2.43. The number of thioether (sulfide) groups is 1. The van der Waals surface area contributed by atoms with Crippen LogP contribution in [-0.4, -0.2) is 58.4 Å². The van der Waals surface area contributed by atoms with E-state index >= 15 is 0 Å². The van der Waals surface area contributed by atoms with E-state index in [9.17, 15) is 0 Å². The second-order valence-electron chi connectivity index (χ2n) is 6.25. The van der Waals surface area contributed by atoms with Crippen molar-refractivity contribution in [3.63, 3.8) is 0 Å². The highest BCUT2D eigenvalue weighted by molar-refractivity contribution is 14.0. The Bertz CT molecular complexity index is 616. The standard InChI is InChI=1S/C19H31N3O3S.HI/c1-20-19(22-14-7-8-15(12-14)26-5)21-11-10-13-6-9-16(23-2)18(25-4)17(13)24-3;/h6,9,14-15H,7-8,10-12H2,1-5H3,(H2,20,21,22);1H. The number of aliphatic imine (C=N–C) groups is 1. The van der Waals surface area contributed by atoms with Crippen molar-refractivity contribution in [3.8, 4) is 17.2 Å². The lowest BCUT2D eigenvalue weighted by atomic mass is 10.1. The molecule has 0 spiro atoms. The summed E-state index contributed by atoms with van der Waals surface area (Å²) in [6.07, 6.45) is 6.67. The van der Waals surface area contributed by atoms with Gasteiger partial charge in [0.05, 0.1) is 21.3 Å². The fraction of sp³-hybridized carbons (Fsp3) is 0.632. The number of guanidine groups is 1. The number of ether oxygens (including phenoxy) is 3. The highest BCUT2D eigenvalue weighted by Gasteiger charge is 2.24. The minimum Gasteiger partial charge on any atom is -0.493 e. The van der Waals surface area contributed by atoms with E-state index in [1.54, 1.807) is 21.3 Å². The van der Waals surface area contributed by atoms with Crippen LogP contribution in [0.3, 0.4) is 0 Å². The van der Waals surface area contributed by atoms with Crippen LogP contribution in [0.4, 0.5) is 0 Å². The number of methoxy groups -OCH3 is 3. The number of benzene rings is 1. The third-order valence-corrected chi connectivity index (χ3v) is 5.85. The molecule has 1 aliphatic rings. The number of halogens is 1. The number of nitrogens with one attached hydrogen (secondary N) is 2. The van der Waals surface area contributed by atoms with Crippen molar-refractivity contribution in [1.29, 1.82) is 0 Å². The Labute approximate surface area is 184 Å². The second kappa shape index (κ2) is 12.4. The van der Waals surface area contributed by atoms with Gasteiger partial charge < -0.3 is 24.8 Å². The summed E-state index contributed by atoms with van der Waals surface area (Å²) in [4.78, 5) is 4.35. The monoisotopic (exact) mass is 509 g/mol. The van der Waals surface area contributed by atoms with Gasteiger partial charge in [0, 0.05) is 30.4 Å². The molecule has 0 aliphatic heterocycles. The fourth-order valence-corrected chi connectivity index (χ4v) is 4.15. The van der Waals surface area contributed by atoms with Crippen molar-refractivity contribution in [2.75, 3.05) is 41.2 Å². The number of hydrogen-bond acceptors (Lipinski definition) is 5. The van der Waals surface area contributed by atoms with Crippen LogP contribution in [0, 0.1) is 0 Å². The Balaban J connectivity index is 0.00000364. The van der Waals surface area contributed by atoms with Gasteiger partial charge in [-0.1, -0.05) is 6.07 Å². The average Bonchev–Trinajstić information content (AvgIpc) is 3.13. The van der Waals surface area contributed by atoms with Crippen LogP contribution in [0.5, 0.6) is 17.2 Å². The third kappa shape index (κ3) is 6.51. The molecule has 1 aromatic carbocycles. The van der Waals surface area contributed by atoms with Gasteiger partial charge in [0.15, 0.2) is 17.5 Å². The van der Waals surface area contributed by atoms with Gasteiger partial charge in [0.25, 0.3) is 0 Å². The van der Waals surface area contributed by atoms with Crippen molar-refractivity contribution < 1.29 is 14.2 Å². The molecule has 0 heterocycles. The highest BCUT2D eigenvalue weighted by atomic mass is 127. The van der Waals surface area contributed by atoms with Crippen molar-refractivity contribution in [1.82, 2.24) is 10.6 Å². The number of nitrogens with zero attached hydrogens (tertiary/aromatic N) is 1. The number of hydrogen-bond donors (Lipinski definition) is 2. The molecule has 1 aliphatic carbocycles. The van der Waals surface area contributed by atoms with E-state index in [1.807, 2.05) is 30.9 Å². The van der Waals surface area contributed by atoms with Gasteiger partial charge in [0.1, 0.15) is 0 Å². The van der Waals surface area contributed by atoms with Gasteiger partial charge in [-0.3, -0.25) is 4.99 Å². The van der Waals surface area contributed by atoms with Crippen LogP contribution in [0.1, 0.15) is 24.8 Å². The van der Waals surface area contributed by atoms with Crippen LogP contribution in [0.25, 0.3) is 0 Å². The summed E-state index contributed by atoms with van der Waals surface area (Å²) in [5, 5.41) is 7.70. The molecule has 2 atom stereocenters. The van der Waals surface area contributed by atoms with E-state index in [1.165, 1.54) is 19.3 Å². The maximum absolute atomic E-state index is 5.54. The molecule has 8 heteroatoms. The van der Waals surface area contributed by atoms with Crippen LogP contribution in [-0.2, 0) is 6.42 Å². The fourth-order valence-electron chi connectivity index (χ4n) is 3.35. The predicted octanol–water partition coefficient (Wildman–Crippen LogP) is 3.32. The van der Waals surface area contributed by atoms with Crippen LogP contribution in [0.15, 0.2) is 17.1 Å². The molecule has 0 radical (unpaired) electrons. The largest absolute Gasteiger partial charge is 0.493 e. The first-order chi connectivity index (χ1) is 12.7.